The van der Waals surface area contributed by atoms with Gasteiger partial charge in [0, 0.05) is 11.6 Å². The fraction of sp³-hybridized carbons (Fsp3) is 0.294. The number of aliphatic hydroxyl groups excluding tert-OH is 1. The maximum Gasteiger partial charge on any atom is 0.338 e. The zero-order valence-electron chi connectivity index (χ0n) is 12.3. The molecule has 0 saturated carbocycles. The molecule has 0 bridgehead atoms. The van der Waals surface area contributed by atoms with Crippen LogP contribution < -0.4 is 0 Å². The number of cyclic esters (lactones) is 1. The van der Waals surface area contributed by atoms with Crippen LogP contribution in [0, 0.1) is 5.92 Å². The summed E-state index contributed by atoms with van der Waals surface area (Å²) in [6.07, 6.45) is 0.558. The van der Waals surface area contributed by atoms with Gasteiger partial charge in [0.25, 0.3) is 6.29 Å². The van der Waals surface area contributed by atoms with E-state index in [2.05, 4.69) is 0 Å². The lowest BCUT2D eigenvalue weighted by Gasteiger charge is -2.13. The standard InChI is InChI=1S/C17H14O6/c1-8-6-12(22-16(8)19)21-7-11-13-14(18)9-4-2-3-5-10(9)15(13)23-17(11)20/h2-7,12-15,18H,1H3/b11-7-/t12-,13-,14+,15+/m1/s1. The van der Waals surface area contributed by atoms with Crippen LogP contribution in [-0.4, -0.2) is 23.3 Å². The molecule has 0 spiro atoms. The highest BCUT2D eigenvalue weighted by atomic mass is 16.7. The number of ether oxygens (including phenoxy) is 3. The van der Waals surface area contributed by atoms with Gasteiger partial charge in [0.05, 0.1) is 23.9 Å². The third-order valence-corrected chi connectivity index (χ3v) is 4.38. The number of aliphatic hydroxyl groups is 1. The van der Waals surface area contributed by atoms with Gasteiger partial charge >= 0.3 is 11.9 Å². The van der Waals surface area contributed by atoms with Gasteiger partial charge in [-0.1, -0.05) is 24.3 Å². The molecule has 1 aliphatic carbocycles. The molecule has 3 aliphatic rings. The van der Waals surface area contributed by atoms with Gasteiger partial charge in [0.15, 0.2) is 0 Å². The van der Waals surface area contributed by atoms with E-state index in [-0.39, 0.29) is 5.57 Å². The van der Waals surface area contributed by atoms with Gasteiger partial charge in [-0.05, 0) is 18.1 Å². The topological polar surface area (TPSA) is 82.1 Å². The Kier molecular flexibility index (Phi) is 3.02. The number of fused-ring (bicyclic) bond motifs is 3. The number of rotatable bonds is 2. The molecule has 0 aromatic heterocycles. The summed E-state index contributed by atoms with van der Waals surface area (Å²) in [6, 6.07) is 7.32. The summed E-state index contributed by atoms with van der Waals surface area (Å²) in [4.78, 5) is 23.4. The second-order valence-electron chi connectivity index (χ2n) is 5.76. The van der Waals surface area contributed by atoms with Crippen molar-refractivity contribution in [2.24, 2.45) is 5.92 Å². The molecule has 0 unspecified atom stereocenters. The first-order valence-electron chi connectivity index (χ1n) is 7.29. The number of hydrogen-bond donors (Lipinski definition) is 1. The molecule has 1 saturated heterocycles. The smallest absolute Gasteiger partial charge is 0.338 e. The largest absolute Gasteiger partial charge is 0.458 e. The van der Waals surface area contributed by atoms with Gasteiger partial charge in [-0.15, -0.1) is 0 Å². The van der Waals surface area contributed by atoms with Crippen LogP contribution in [-0.2, 0) is 23.8 Å². The minimum Gasteiger partial charge on any atom is -0.458 e. The molecule has 0 radical (unpaired) electrons. The zero-order chi connectivity index (χ0) is 16.1. The maximum absolute atomic E-state index is 12.1. The van der Waals surface area contributed by atoms with Crippen LogP contribution in [0.15, 0.2) is 47.7 Å². The Hall–Kier alpha value is -2.60. The Labute approximate surface area is 132 Å². The summed E-state index contributed by atoms with van der Waals surface area (Å²) in [6.45, 7) is 1.62. The summed E-state index contributed by atoms with van der Waals surface area (Å²) in [5.41, 5.74) is 2.26. The molecule has 23 heavy (non-hydrogen) atoms. The predicted molar refractivity (Wildman–Crippen MR) is 76.5 cm³/mol. The number of esters is 2. The predicted octanol–water partition coefficient (Wildman–Crippen LogP) is 1.68. The Bertz CT molecular complexity index is 762. The van der Waals surface area contributed by atoms with Crippen LogP contribution >= 0.6 is 0 Å². The normalized spacial score (nSPS) is 33.1. The molecule has 4 rings (SSSR count). The molecule has 0 amide bonds. The van der Waals surface area contributed by atoms with E-state index in [1.807, 2.05) is 24.3 Å². The molecular formula is C17H14O6. The lowest BCUT2D eigenvalue weighted by molar-refractivity contribution is -0.152. The Balaban J connectivity index is 1.60. The minimum absolute atomic E-state index is 0.243. The third-order valence-electron chi connectivity index (χ3n) is 4.38. The lowest BCUT2D eigenvalue weighted by Crippen LogP contribution is -2.14. The molecule has 1 aromatic carbocycles. The van der Waals surface area contributed by atoms with Crippen molar-refractivity contribution in [3.8, 4) is 0 Å². The Morgan fingerprint density at radius 1 is 1.13 bits per heavy atom. The molecule has 6 nitrogen and oxygen atoms in total. The van der Waals surface area contributed by atoms with Crippen LogP contribution in [0.2, 0.25) is 0 Å². The van der Waals surface area contributed by atoms with Crippen LogP contribution in [0.4, 0.5) is 0 Å². The van der Waals surface area contributed by atoms with Crippen molar-refractivity contribution in [1.82, 2.24) is 0 Å². The zero-order valence-corrected chi connectivity index (χ0v) is 12.3. The fourth-order valence-electron chi connectivity index (χ4n) is 3.22. The van der Waals surface area contributed by atoms with Gasteiger partial charge in [-0.25, -0.2) is 9.59 Å². The van der Waals surface area contributed by atoms with Crippen molar-refractivity contribution in [1.29, 1.82) is 0 Å². The van der Waals surface area contributed by atoms with E-state index in [1.54, 1.807) is 6.92 Å². The molecule has 4 atom stereocenters. The van der Waals surface area contributed by atoms with Crippen LogP contribution in [0.25, 0.3) is 0 Å². The monoisotopic (exact) mass is 314 g/mol. The number of carbonyl (C=O) groups excluding carboxylic acids is 2. The summed E-state index contributed by atoms with van der Waals surface area (Å²) >= 11 is 0. The highest BCUT2D eigenvalue weighted by Gasteiger charge is 2.51. The van der Waals surface area contributed by atoms with E-state index in [1.165, 1.54) is 12.3 Å². The van der Waals surface area contributed by atoms with Crippen LogP contribution in [0.1, 0.15) is 30.3 Å². The summed E-state index contributed by atoms with van der Waals surface area (Å²) in [7, 11) is 0. The second kappa shape index (κ2) is 4.96. The molecule has 1 fully saturated rings. The first kappa shape index (κ1) is 14.0. The number of carbonyl (C=O) groups is 2. The second-order valence-corrected chi connectivity index (χ2v) is 5.76. The van der Waals surface area contributed by atoms with E-state index in [0.29, 0.717) is 5.57 Å². The average molecular weight is 314 g/mol. The van der Waals surface area contributed by atoms with E-state index >= 15 is 0 Å². The molecule has 6 heteroatoms. The molecular weight excluding hydrogens is 300 g/mol. The van der Waals surface area contributed by atoms with Gasteiger partial charge in [0.1, 0.15) is 6.10 Å². The lowest BCUT2D eigenvalue weighted by atomic mass is 9.95. The van der Waals surface area contributed by atoms with E-state index in [0.717, 1.165) is 11.1 Å². The molecule has 1 N–H and O–H groups in total. The Morgan fingerprint density at radius 3 is 2.57 bits per heavy atom. The minimum atomic E-state index is -0.859. The fourth-order valence-corrected chi connectivity index (χ4v) is 3.22. The highest BCUT2D eigenvalue weighted by Crippen LogP contribution is 2.53. The van der Waals surface area contributed by atoms with Crippen molar-refractivity contribution >= 4 is 11.9 Å². The summed E-state index contributed by atoms with van der Waals surface area (Å²) in [5.74, 6) is -1.49. The van der Waals surface area contributed by atoms with Crippen LogP contribution in [0.3, 0.4) is 0 Å². The van der Waals surface area contributed by atoms with Gasteiger partial charge in [0.2, 0.25) is 0 Å². The SMILES string of the molecule is CC1=C[C@H](O/C=C2\C(=O)O[C@H]3c4ccccc4[C@H](O)[C@@H]23)OC1=O. The van der Waals surface area contributed by atoms with Crippen molar-refractivity contribution < 1.29 is 28.9 Å². The van der Waals surface area contributed by atoms with E-state index < -0.39 is 36.4 Å². The summed E-state index contributed by atoms with van der Waals surface area (Å²) in [5, 5.41) is 10.5. The first-order valence-corrected chi connectivity index (χ1v) is 7.29. The van der Waals surface area contributed by atoms with Crippen molar-refractivity contribution in [3.05, 3.63) is 58.9 Å². The average Bonchev–Trinajstić information content (AvgIpc) is 3.12. The highest BCUT2D eigenvalue weighted by molar-refractivity contribution is 5.92. The van der Waals surface area contributed by atoms with Gasteiger partial charge < -0.3 is 19.3 Å². The van der Waals surface area contributed by atoms with Crippen molar-refractivity contribution in [3.63, 3.8) is 0 Å². The van der Waals surface area contributed by atoms with Gasteiger partial charge in [-0.2, -0.15) is 0 Å². The molecule has 118 valence electrons. The maximum atomic E-state index is 12.1. The first-order chi connectivity index (χ1) is 11.1. The van der Waals surface area contributed by atoms with E-state index in [9.17, 15) is 14.7 Å². The third kappa shape index (κ3) is 2.06. The van der Waals surface area contributed by atoms with Gasteiger partial charge in [-0.3, -0.25) is 0 Å². The molecule has 1 aromatic rings. The molecule has 2 aliphatic heterocycles. The number of benzene rings is 1. The van der Waals surface area contributed by atoms with E-state index in [4.69, 9.17) is 14.2 Å². The Morgan fingerprint density at radius 2 is 1.87 bits per heavy atom. The van der Waals surface area contributed by atoms with Crippen molar-refractivity contribution in [2.45, 2.75) is 25.4 Å². The quantitative estimate of drug-likeness (QED) is 0.508. The number of hydrogen-bond acceptors (Lipinski definition) is 6. The molecule has 2 heterocycles. The van der Waals surface area contributed by atoms with Crippen LogP contribution in [0.5, 0.6) is 0 Å². The van der Waals surface area contributed by atoms with Crippen molar-refractivity contribution in [2.75, 3.05) is 0 Å². The summed E-state index contributed by atoms with van der Waals surface area (Å²) < 4.78 is 15.7.